The van der Waals surface area contributed by atoms with E-state index in [0.717, 1.165) is 27.5 Å². The monoisotopic (exact) mass is 276 g/mol. The first kappa shape index (κ1) is 11.7. The number of aromatic amines is 2. The van der Waals surface area contributed by atoms with E-state index >= 15 is 0 Å². The van der Waals surface area contributed by atoms with Crippen molar-refractivity contribution in [2.45, 2.75) is 0 Å². The lowest BCUT2D eigenvalue weighted by molar-refractivity contribution is 0.102. The van der Waals surface area contributed by atoms with E-state index < -0.39 is 0 Å². The molecule has 2 heterocycles. The first-order valence-electron chi connectivity index (χ1n) is 6.62. The normalized spacial score (nSPS) is 11.0. The van der Waals surface area contributed by atoms with Crippen LogP contribution in [0.4, 0.5) is 5.69 Å². The molecule has 0 saturated heterocycles. The average Bonchev–Trinajstić information content (AvgIpc) is 3.15. The summed E-state index contributed by atoms with van der Waals surface area (Å²) in [4.78, 5) is 15.6. The van der Waals surface area contributed by atoms with E-state index in [1.807, 2.05) is 48.7 Å². The highest BCUT2D eigenvalue weighted by molar-refractivity contribution is 6.14. The van der Waals surface area contributed by atoms with Crippen LogP contribution >= 0.6 is 0 Å². The highest BCUT2D eigenvalue weighted by atomic mass is 16.1. The molecule has 2 aromatic carbocycles. The van der Waals surface area contributed by atoms with Crippen LogP contribution in [0.15, 0.2) is 54.9 Å². The summed E-state index contributed by atoms with van der Waals surface area (Å²) in [5.41, 5.74) is 3.14. The van der Waals surface area contributed by atoms with Gasteiger partial charge in [-0.3, -0.25) is 9.89 Å². The summed E-state index contributed by atoms with van der Waals surface area (Å²) in [5, 5.41) is 11.7. The lowest BCUT2D eigenvalue weighted by atomic mass is 10.1. The molecule has 0 aliphatic heterocycles. The average molecular weight is 276 g/mol. The van der Waals surface area contributed by atoms with Gasteiger partial charge in [-0.25, -0.2) is 0 Å². The van der Waals surface area contributed by atoms with E-state index in [2.05, 4.69) is 20.5 Å². The number of anilines is 1. The second-order valence-corrected chi connectivity index (χ2v) is 4.84. The molecule has 2 aromatic heterocycles. The molecule has 5 nitrogen and oxygen atoms in total. The topological polar surface area (TPSA) is 73.6 Å². The van der Waals surface area contributed by atoms with Gasteiger partial charge in [0.2, 0.25) is 0 Å². The van der Waals surface area contributed by atoms with Crippen molar-refractivity contribution in [2.24, 2.45) is 0 Å². The molecule has 0 unspecified atom stereocenters. The van der Waals surface area contributed by atoms with Crippen LogP contribution in [0.1, 0.15) is 10.4 Å². The van der Waals surface area contributed by atoms with Crippen molar-refractivity contribution in [3.05, 3.63) is 60.4 Å². The fraction of sp³-hybridized carbons (Fsp3) is 0. The standard InChI is InChI=1S/C16H12N4O/c21-16(12-4-2-5-13-11(12)7-8-17-13)19-14-6-1-3-10-9-18-20-15(10)14/h1-9,17H,(H,18,20)(H,19,21). The lowest BCUT2D eigenvalue weighted by Crippen LogP contribution is -2.12. The molecule has 0 fully saturated rings. The van der Waals surface area contributed by atoms with Crippen molar-refractivity contribution in [2.75, 3.05) is 5.32 Å². The van der Waals surface area contributed by atoms with Gasteiger partial charge in [-0.1, -0.05) is 18.2 Å². The second-order valence-electron chi connectivity index (χ2n) is 4.84. The number of aromatic nitrogens is 3. The first-order chi connectivity index (χ1) is 10.3. The maximum Gasteiger partial charge on any atom is 0.256 e. The highest BCUT2D eigenvalue weighted by Crippen LogP contribution is 2.23. The van der Waals surface area contributed by atoms with Gasteiger partial charge in [-0.2, -0.15) is 5.10 Å². The van der Waals surface area contributed by atoms with Crippen molar-refractivity contribution >= 4 is 33.4 Å². The summed E-state index contributed by atoms with van der Waals surface area (Å²) in [5.74, 6) is -0.137. The Morgan fingerprint density at radius 3 is 2.95 bits per heavy atom. The van der Waals surface area contributed by atoms with Crippen LogP contribution in [0.3, 0.4) is 0 Å². The number of H-pyrrole nitrogens is 2. The van der Waals surface area contributed by atoms with Crippen molar-refractivity contribution in [3.8, 4) is 0 Å². The van der Waals surface area contributed by atoms with E-state index in [9.17, 15) is 4.79 Å². The number of nitrogens with one attached hydrogen (secondary N) is 3. The molecule has 4 rings (SSSR count). The smallest absolute Gasteiger partial charge is 0.256 e. The van der Waals surface area contributed by atoms with E-state index in [1.54, 1.807) is 6.20 Å². The largest absolute Gasteiger partial charge is 0.361 e. The molecule has 102 valence electrons. The number of fused-ring (bicyclic) bond motifs is 2. The first-order valence-corrected chi connectivity index (χ1v) is 6.62. The molecule has 0 spiro atoms. The number of rotatable bonds is 2. The van der Waals surface area contributed by atoms with Gasteiger partial charge >= 0.3 is 0 Å². The van der Waals surface area contributed by atoms with Crippen LogP contribution in [0.25, 0.3) is 21.8 Å². The Balaban J connectivity index is 1.76. The zero-order valence-electron chi connectivity index (χ0n) is 11.1. The van der Waals surface area contributed by atoms with Gasteiger partial charge in [0, 0.05) is 28.0 Å². The third-order valence-corrected chi connectivity index (χ3v) is 3.56. The number of nitrogens with zero attached hydrogens (tertiary/aromatic N) is 1. The van der Waals surface area contributed by atoms with Crippen LogP contribution in [0.5, 0.6) is 0 Å². The Hall–Kier alpha value is -3.08. The van der Waals surface area contributed by atoms with Crippen molar-refractivity contribution in [1.82, 2.24) is 15.2 Å². The summed E-state index contributed by atoms with van der Waals surface area (Å²) in [6.07, 6.45) is 3.56. The minimum atomic E-state index is -0.137. The van der Waals surface area contributed by atoms with Crippen molar-refractivity contribution < 1.29 is 4.79 Å². The SMILES string of the molecule is O=C(Nc1cccc2cn[nH]c12)c1cccc2[nH]ccc12. The molecule has 0 bridgehead atoms. The van der Waals surface area contributed by atoms with Crippen molar-refractivity contribution in [3.63, 3.8) is 0 Å². The van der Waals surface area contributed by atoms with Crippen LogP contribution in [-0.2, 0) is 0 Å². The van der Waals surface area contributed by atoms with E-state index in [1.165, 1.54) is 0 Å². The molecule has 21 heavy (non-hydrogen) atoms. The summed E-state index contributed by atoms with van der Waals surface area (Å²) < 4.78 is 0. The van der Waals surface area contributed by atoms with Crippen molar-refractivity contribution in [1.29, 1.82) is 0 Å². The molecule has 5 heteroatoms. The molecular formula is C16H12N4O. The molecule has 3 N–H and O–H groups in total. The number of carbonyl (C=O) groups is 1. The fourth-order valence-electron chi connectivity index (χ4n) is 2.55. The van der Waals surface area contributed by atoms with Gasteiger partial charge in [-0.15, -0.1) is 0 Å². The molecule has 0 saturated carbocycles. The summed E-state index contributed by atoms with van der Waals surface area (Å²) in [6, 6.07) is 13.2. The molecule has 0 aliphatic carbocycles. The molecule has 0 radical (unpaired) electrons. The van der Waals surface area contributed by atoms with Gasteiger partial charge in [0.15, 0.2) is 0 Å². The molecule has 0 aliphatic rings. The minimum absolute atomic E-state index is 0.137. The number of para-hydroxylation sites is 1. The van der Waals surface area contributed by atoms with Crippen LogP contribution in [0, 0.1) is 0 Å². The van der Waals surface area contributed by atoms with Gasteiger partial charge in [0.25, 0.3) is 5.91 Å². The second kappa shape index (κ2) is 4.49. The quantitative estimate of drug-likeness (QED) is 0.525. The van der Waals surface area contributed by atoms with Crippen LogP contribution < -0.4 is 5.32 Å². The number of hydrogen-bond acceptors (Lipinski definition) is 2. The zero-order valence-corrected chi connectivity index (χ0v) is 11.1. The van der Waals surface area contributed by atoms with E-state index in [0.29, 0.717) is 5.56 Å². The molecule has 0 atom stereocenters. The number of carbonyl (C=O) groups excluding carboxylic acids is 1. The maximum atomic E-state index is 12.5. The zero-order chi connectivity index (χ0) is 14.2. The molecule has 4 aromatic rings. The predicted octanol–water partition coefficient (Wildman–Crippen LogP) is 3.30. The number of amides is 1. The Bertz CT molecular complexity index is 951. The third kappa shape index (κ3) is 1.87. The minimum Gasteiger partial charge on any atom is -0.361 e. The van der Waals surface area contributed by atoms with Gasteiger partial charge in [0.1, 0.15) is 0 Å². The Kier molecular flexibility index (Phi) is 2.50. The Morgan fingerprint density at radius 2 is 2.00 bits per heavy atom. The Labute approximate surface area is 120 Å². The predicted molar refractivity (Wildman–Crippen MR) is 82.3 cm³/mol. The van der Waals surface area contributed by atoms with E-state index in [-0.39, 0.29) is 5.91 Å². The van der Waals surface area contributed by atoms with Gasteiger partial charge in [-0.05, 0) is 24.3 Å². The van der Waals surface area contributed by atoms with E-state index in [4.69, 9.17) is 0 Å². The fourth-order valence-corrected chi connectivity index (χ4v) is 2.55. The lowest BCUT2D eigenvalue weighted by Gasteiger charge is -2.07. The summed E-state index contributed by atoms with van der Waals surface area (Å²) in [7, 11) is 0. The maximum absolute atomic E-state index is 12.5. The Morgan fingerprint density at radius 1 is 1.10 bits per heavy atom. The van der Waals surface area contributed by atoms with Gasteiger partial charge < -0.3 is 10.3 Å². The van der Waals surface area contributed by atoms with Gasteiger partial charge in [0.05, 0.1) is 17.4 Å². The highest BCUT2D eigenvalue weighted by Gasteiger charge is 2.12. The summed E-state index contributed by atoms with van der Waals surface area (Å²) in [6.45, 7) is 0. The van der Waals surface area contributed by atoms with Crippen LogP contribution in [0.2, 0.25) is 0 Å². The number of benzene rings is 2. The summed E-state index contributed by atoms with van der Waals surface area (Å²) >= 11 is 0. The molecule has 1 amide bonds. The number of hydrogen-bond donors (Lipinski definition) is 3. The third-order valence-electron chi connectivity index (χ3n) is 3.56. The molecular weight excluding hydrogens is 264 g/mol. The van der Waals surface area contributed by atoms with Crippen LogP contribution in [-0.4, -0.2) is 21.1 Å².